The number of hydrogen-bond donors (Lipinski definition) is 1. The van der Waals surface area contributed by atoms with Crippen LogP contribution in [0.25, 0.3) is 0 Å². The number of carbonyl (C=O) groups excluding carboxylic acids is 1. The van der Waals surface area contributed by atoms with Gasteiger partial charge in [-0.15, -0.1) is 23.7 Å². The predicted octanol–water partition coefficient (Wildman–Crippen LogP) is 3.46. The average Bonchev–Trinajstić information content (AvgIpc) is 3.21. The number of carbonyl (C=O) groups is 1. The van der Waals surface area contributed by atoms with Gasteiger partial charge >= 0.3 is 0 Å². The Kier molecular flexibility index (Phi) is 7.92. The highest BCUT2D eigenvalue weighted by Crippen LogP contribution is 2.32. The van der Waals surface area contributed by atoms with Crippen molar-refractivity contribution in [3.63, 3.8) is 0 Å². The highest BCUT2D eigenvalue weighted by atomic mass is 35.5. The molecule has 0 radical (unpaired) electrons. The molecule has 2 aromatic rings. The second-order valence-electron chi connectivity index (χ2n) is 6.66. The molecule has 26 heavy (non-hydrogen) atoms. The first-order valence-electron chi connectivity index (χ1n) is 8.52. The van der Waals surface area contributed by atoms with Gasteiger partial charge in [-0.05, 0) is 30.2 Å². The summed E-state index contributed by atoms with van der Waals surface area (Å²) in [4.78, 5) is 17.7. The van der Waals surface area contributed by atoms with Crippen LogP contribution in [-0.2, 0) is 11.3 Å². The summed E-state index contributed by atoms with van der Waals surface area (Å²) < 4.78 is 0.756. The van der Waals surface area contributed by atoms with E-state index >= 15 is 0 Å². The maximum Gasteiger partial charge on any atom is 0.236 e. The highest BCUT2D eigenvalue weighted by molar-refractivity contribution is 7.16. The fourth-order valence-corrected chi connectivity index (χ4v) is 4.62. The van der Waals surface area contributed by atoms with E-state index in [4.69, 9.17) is 17.3 Å². The first-order chi connectivity index (χ1) is 12.1. The Labute approximate surface area is 170 Å². The lowest BCUT2D eigenvalue weighted by Crippen LogP contribution is -2.37. The van der Waals surface area contributed by atoms with Crippen LogP contribution < -0.4 is 5.73 Å². The number of nitrogens with two attached hydrogens (primary N) is 1. The standard InChI is InChI=1S/C19H24ClN3OS.ClH/c1-22(11-16-7-8-18(20)25-16)19(24)13-23-10-15(9-21)17(12-23)14-5-3-2-4-6-14;/h2-8,15,17H,9-13,21H2,1H3;1H/t15-,17+;/m1./s1. The van der Waals surface area contributed by atoms with Gasteiger partial charge in [0.05, 0.1) is 17.4 Å². The quantitative estimate of drug-likeness (QED) is 0.788. The summed E-state index contributed by atoms with van der Waals surface area (Å²) in [5, 5.41) is 0. The fraction of sp³-hybridized carbons (Fsp3) is 0.421. The smallest absolute Gasteiger partial charge is 0.236 e. The Bertz CT molecular complexity index is 710. The molecule has 7 heteroatoms. The topological polar surface area (TPSA) is 49.6 Å². The summed E-state index contributed by atoms with van der Waals surface area (Å²) in [6.07, 6.45) is 0. The Balaban J connectivity index is 0.00000243. The molecule has 1 amide bonds. The summed E-state index contributed by atoms with van der Waals surface area (Å²) in [5.74, 6) is 0.936. The van der Waals surface area contributed by atoms with Crippen molar-refractivity contribution < 1.29 is 4.79 Å². The highest BCUT2D eigenvalue weighted by Gasteiger charge is 2.33. The zero-order valence-electron chi connectivity index (χ0n) is 14.8. The van der Waals surface area contributed by atoms with Gasteiger partial charge in [-0.3, -0.25) is 9.69 Å². The van der Waals surface area contributed by atoms with Crippen molar-refractivity contribution in [1.29, 1.82) is 0 Å². The van der Waals surface area contributed by atoms with Crippen LogP contribution in [0.15, 0.2) is 42.5 Å². The minimum Gasteiger partial charge on any atom is -0.340 e. The van der Waals surface area contributed by atoms with Crippen molar-refractivity contribution >= 4 is 41.3 Å². The number of benzene rings is 1. The van der Waals surface area contributed by atoms with Gasteiger partial charge in [0, 0.05) is 30.9 Å². The molecule has 1 aliphatic heterocycles. The number of rotatable bonds is 6. The molecule has 0 unspecified atom stereocenters. The molecule has 4 nitrogen and oxygen atoms in total. The molecular formula is C19H25Cl2N3OS. The lowest BCUT2D eigenvalue weighted by atomic mass is 9.89. The van der Waals surface area contributed by atoms with Crippen molar-refractivity contribution in [1.82, 2.24) is 9.80 Å². The van der Waals surface area contributed by atoms with E-state index in [2.05, 4.69) is 29.2 Å². The summed E-state index contributed by atoms with van der Waals surface area (Å²) >= 11 is 7.48. The van der Waals surface area contributed by atoms with E-state index in [0.717, 1.165) is 22.3 Å². The second kappa shape index (κ2) is 9.72. The van der Waals surface area contributed by atoms with Crippen molar-refractivity contribution in [2.24, 2.45) is 11.7 Å². The third kappa shape index (κ3) is 5.21. The molecule has 1 saturated heterocycles. The maximum absolute atomic E-state index is 12.6. The van der Waals surface area contributed by atoms with E-state index in [0.29, 0.717) is 31.5 Å². The van der Waals surface area contributed by atoms with E-state index in [-0.39, 0.29) is 18.3 Å². The normalized spacial score (nSPS) is 20.0. The lowest BCUT2D eigenvalue weighted by molar-refractivity contribution is -0.131. The molecule has 142 valence electrons. The minimum atomic E-state index is 0. The number of nitrogens with zero attached hydrogens (tertiary/aromatic N) is 2. The molecule has 2 atom stereocenters. The van der Waals surface area contributed by atoms with E-state index in [1.807, 2.05) is 25.2 Å². The van der Waals surface area contributed by atoms with Gasteiger partial charge in [-0.2, -0.15) is 0 Å². The van der Waals surface area contributed by atoms with Crippen LogP contribution in [0.4, 0.5) is 0 Å². The predicted molar refractivity (Wildman–Crippen MR) is 111 cm³/mol. The van der Waals surface area contributed by atoms with Crippen LogP contribution in [0.1, 0.15) is 16.4 Å². The molecule has 2 heterocycles. The van der Waals surface area contributed by atoms with E-state index < -0.39 is 0 Å². The molecular weight excluding hydrogens is 389 g/mol. The summed E-state index contributed by atoms with van der Waals surface area (Å²) in [5.41, 5.74) is 7.30. The third-order valence-corrected chi connectivity index (χ3v) is 6.07. The Morgan fingerprint density at radius 1 is 1.27 bits per heavy atom. The number of thiophene rings is 1. The number of halogens is 2. The summed E-state index contributed by atoms with van der Waals surface area (Å²) in [6, 6.07) is 14.3. The van der Waals surface area contributed by atoms with Crippen molar-refractivity contribution in [3.05, 3.63) is 57.2 Å². The first-order valence-corrected chi connectivity index (χ1v) is 9.72. The number of likely N-dealkylation sites (N-methyl/N-ethyl adjacent to an activating group) is 1. The van der Waals surface area contributed by atoms with Crippen LogP contribution in [0.2, 0.25) is 4.34 Å². The summed E-state index contributed by atoms with van der Waals surface area (Å²) in [6.45, 7) is 3.45. The molecule has 3 rings (SSSR count). The van der Waals surface area contributed by atoms with Gasteiger partial charge < -0.3 is 10.6 Å². The number of likely N-dealkylation sites (tertiary alicyclic amines) is 1. The molecule has 2 N–H and O–H groups in total. The monoisotopic (exact) mass is 413 g/mol. The molecule has 0 aliphatic carbocycles. The van der Waals surface area contributed by atoms with E-state index in [1.165, 1.54) is 16.9 Å². The zero-order valence-corrected chi connectivity index (χ0v) is 17.2. The van der Waals surface area contributed by atoms with Crippen molar-refractivity contribution in [2.75, 3.05) is 33.2 Å². The number of amides is 1. The molecule has 1 aromatic heterocycles. The Morgan fingerprint density at radius 2 is 2.00 bits per heavy atom. The maximum atomic E-state index is 12.6. The summed E-state index contributed by atoms with van der Waals surface area (Å²) in [7, 11) is 1.85. The Hall–Kier alpha value is -1.11. The van der Waals surface area contributed by atoms with Crippen molar-refractivity contribution in [3.8, 4) is 0 Å². The first kappa shape index (κ1) is 21.2. The fourth-order valence-electron chi connectivity index (χ4n) is 3.48. The van der Waals surface area contributed by atoms with Crippen LogP contribution in [0, 0.1) is 5.92 Å². The van der Waals surface area contributed by atoms with Crippen LogP contribution in [-0.4, -0.2) is 48.9 Å². The zero-order chi connectivity index (χ0) is 17.8. The van der Waals surface area contributed by atoms with Gasteiger partial charge in [-0.25, -0.2) is 0 Å². The van der Waals surface area contributed by atoms with Gasteiger partial charge in [0.1, 0.15) is 0 Å². The van der Waals surface area contributed by atoms with Crippen LogP contribution in [0.3, 0.4) is 0 Å². The molecule has 0 bridgehead atoms. The average molecular weight is 414 g/mol. The third-order valence-electron chi connectivity index (χ3n) is 4.85. The van der Waals surface area contributed by atoms with E-state index in [9.17, 15) is 4.79 Å². The van der Waals surface area contributed by atoms with Gasteiger partial charge in [-0.1, -0.05) is 41.9 Å². The molecule has 0 saturated carbocycles. The second-order valence-corrected chi connectivity index (χ2v) is 8.46. The SMILES string of the molecule is CN(Cc1ccc(Cl)s1)C(=O)CN1C[C@@H](CN)[C@H](c2ccccc2)C1.Cl. The van der Waals surface area contributed by atoms with E-state index in [1.54, 1.807) is 4.90 Å². The molecule has 1 fully saturated rings. The van der Waals surface area contributed by atoms with Gasteiger partial charge in [0.2, 0.25) is 5.91 Å². The minimum absolute atomic E-state index is 0. The van der Waals surface area contributed by atoms with Crippen LogP contribution in [0.5, 0.6) is 0 Å². The van der Waals surface area contributed by atoms with Gasteiger partial charge in [0.15, 0.2) is 0 Å². The molecule has 1 aromatic carbocycles. The molecule has 0 spiro atoms. The van der Waals surface area contributed by atoms with Crippen LogP contribution >= 0.6 is 35.3 Å². The number of hydrogen-bond acceptors (Lipinski definition) is 4. The Morgan fingerprint density at radius 3 is 2.62 bits per heavy atom. The van der Waals surface area contributed by atoms with Gasteiger partial charge in [0.25, 0.3) is 0 Å². The largest absolute Gasteiger partial charge is 0.340 e. The lowest BCUT2D eigenvalue weighted by Gasteiger charge is -2.21. The van der Waals surface area contributed by atoms with Crippen molar-refractivity contribution in [2.45, 2.75) is 12.5 Å². The molecule has 1 aliphatic rings.